The fourth-order valence-electron chi connectivity index (χ4n) is 0.396. The lowest BCUT2D eigenvalue weighted by atomic mass is 10.9. The van der Waals surface area contributed by atoms with E-state index in [1.54, 1.807) is 12.4 Å². The number of rotatable bonds is 0. The molecule has 1 heterocycles. The largest absolute Gasteiger partial charge is 0.292 e. The van der Waals surface area contributed by atoms with Crippen LogP contribution in [-0.2, 0) is 0 Å². The summed E-state index contributed by atoms with van der Waals surface area (Å²) >= 11 is 0. The third kappa shape index (κ3) is 0.578. The molecule has 42 valence electrons. The van der Waals surface area contributed by atoms with Gasteiger partial charge >= 0.3 is 0 Å². The van der Waals surface area contributed by atoms with Crippen LogP contribution in [0.1, 0.15) is 0 Å². The molecule has 0 saturated heterocycles. The first-order chi connectivity index (χ1) is 3.84. The lowest BCUT2D eigenvalue weighted by molar-refractivity contribution is 0.0586. The number of nitrogens with zero attached hydrogens (tertiary/aromatic N) is 3. The van der Waals surface area contributed by atoms with E-state index in [2.05, 4.69) is 5.43 Å². The van der Waals surface area contributed by atoms with Crippen LogP contribution < -0.4 is 11.3 Å². The van der Waals surface area contributed by atoms with Crippen molar-refractivity contribution in [2.75, 3.05) is 0 Å². The van der Waals surface area contributed by atoms with Crippen LogP contribution in [0.2, 0.25) is 0 Å². The van der Waals surface area contributed by atoms with Gasteiger partial charge in [0.25, 0.3) is 0 Å². The maximum atomic E-state index is 8.20. The Hall–Kier alpha value is -1.25. The third-order valence-corrected chi connectivity index (χ3v) is 0.757. The topological polar surface area (TPSA) is 68.3 Å². The molecule has 0 atom stereocenters. The second kappa shape index (κ2) is 1.69. The molecule has 0 amide bonds. The summed E-state index contributed by atoms with van der Waals surface area (Å²) in [6, 6.07) is 0. The zero-order chi connectivity index (χ0) is 5.98. The molecule has 0 aliphatic carbocycles. The molecular weight excluding hydrogens is 106 g/mol. The summed E-state index contributed by atoms with van der Waals surface area (Å²) in [7, 11) is 0. The van der Waals surface area contributed by atoms with E-state index in [-0.39, 0.29) is 0 Å². The molecule has 0 bridgehead atoms. The summed E-state index contributed by atoms with van der Waals surface area (Å²) in [5.74, 6) is 5.15. The van der Waals surface area contributed by atoms with Crippen LogP contribution in [0, 0.1) is 11.5 Å². The highest BCUT2D eigenvalue weighted by Crippen LogP contribution is 1.92. The molecule has 5 heteroatoms. The number of nitriles is 1. The molecule has 1 aliphatic rings. The average molecular weight is 111 g/mol. The van der Waals surface area contributed by atoms with Gasteiger partial charge in [0.2, 0.25) is 6.19 Å². The van der Waals surface area contributed by atoms with E-state index in [0.717, 1.165) is 10.2 Å². The Morgan fingerprint density at radius 1 is 1.75 bits per heavy atom. The van der Waals surface area contributed by atoms with Crippen LogP contribution in [0.4, 0.5) is 0 Å². The summed E-state index contributed by atoms with van der Waals surface area (Å²) in [4.78, 5) is 0. The summed E-state index contributed by atoms with van der Waals surface area (Å²) in [6.07, 6.45) is 4.87. The summed E-state index contributed by atoms with van der Waals surface area (Å²) < 4.78 is 0. The van der Waals surface area contributed by atoms with Gasteiger partial charge in [0.05, 0.1) is 6.20 Å². The monoisotopic (exact) mass is 111 g/mol. The molecular formula is C3H5N5. The molecule has 3 N–H and O–H groups in total. The van der Waals surface area contributed by atoms with Gasteiger partial charge in [0.15, 0.2) is 0 Å². The first kappa shape index (κ1) is 4.90. The van der Waals surface area contributed by atoms with Crippen molar-refractivity contribution in [2.24, 2.45) is 5.84 Å². The molecule has 8 heavy (non-hydrogen) atoms. The fraction of sp³-hybridized carbons (Fsp3) is 0. The molecule has 1 aliphatic heterocycles. The molecule has 0 aromatic rings. The Bertz CT molecular complexity index is 144. The minimum absolute atomic E-state index is 1.07. The highest BCUT2D eigenvalue weighted by atomic mass is 15.9. The standard InChI is InChI=1S/C3H5N5/c4-3-7-2-1-6-8(7)5/h1-2,6H,5H2. The first-order valence-electron chi connectivity index (χ1n) is 2.01. The van der Waals surface area contributed by atoms with Gasteiger partial charge in [-0.15, -0.1) is 0 Å². The average Bonchev–Trinajstić information content (AvgIpc) is 2.14. The summed E-state index contributed by atoms with van der Waals surface area (Å²) in [5, 5.41) is 10.4. The highest BCUT2D eigenvalue weighted by Gasteiger charge is 2.07. The molecule has 1 rings (SSSR count). The number of nitrogens with two attached hydrogens (primary N) is 1. The molecule has 0 aromatic heterocycles. The van der Waals surface area contributed by atoms with Crippen molar-refractivity contribution in [2.45, 2.75) is 0 Å². The van der Waals surface area contributed by atoms with E-state index in [9.17, 15) is 0 Å². The van der Waals surface area contributed by atoms with Gasteiger partial charge in [-0.25, -0.2) is 5.84 Å². The van der Waals surface area contributed by atoms with Crippen LogP contribution in [0.3, 0.4) is 0 Å². The lowest BCUT2D eigenvalue weighted by Gasteiger charge is -2.13. The molecule has 5 nitrogen and oxygen atoms in total. The smallest absolute Gasteiger partial charge is 0.202 e. The van der Waals surface area contributed by atoms with Crippen molar-refractivity contribution in [1.29, 1.82) is 5.26 Å². The Morgan fingerprint density at radius 2 is 2.50 bits per heavy atom. The van der Waals surface area contributed by atoms with Gasteiger partial charge in [0.1, 0.15) is 0 Å². The second-order valence-corrected chi connectivity index (χ2v) is 1.23. The minimum Gasteiger partial charge on any atom is -0.292 e. The summed E-state index contributed by atoms with van der Waals surface area (Å²) in [5.41, 5.74) is 2.55. The van der Waals surface area contributed by atoms with Gasteiger partial charge < -0.3 is 0 Å². The zero-order valence-electron chi connectivity index (χ0n) is 4.07. The molecule has 0 fully saturated rings. The summed E-state index contributed by atoms with van der Waals surface area (Å²) in [6.45, 7) is 0. The predicted molar refractivity (Wildman–Crippen MR) is 25.8 cm³/mol. The van der Waals surface area contributed by atoms with E-state index in [4.69, 9.17) is 11.1 Å². The van der Waals surface area contributed by atoms with Crippen molar-refractivity contribution in [3.05, 3.63) is 12.4 Å². The van der Waals surface area contributed by atoms with Crippen LogP contribution in [-0.4, -0.2) is 10.2 Å². The van der Waals surface area contributed by atoms with E-state index >= 15 is 0 Å². The van der Waals surface area contributed by atoms with Crippen molar-refractivity contribution in [1.82, 2.24) is 15.7 Å². The van der Waals surface area contributed by atoms with Crippen LogP contribution in [0.25, 0.3) is 0 Å². The van der Waals surface area contributed by atoms with Crippen LogP contribution in [0.5, 0.6) is 0 Å². The number of hydrogen-bond acceptors (Lipinski definition) is 5. The van der Waals surface area contributed by atoms with Crippen molar-refractivity contribution >= 4 is 0 Å². The van der Waals surface area contributed by atoms with Crippen molar-refractivity contribution < 1.29 is 0 Å². The fourth-order valence-corrected chi connectivity index (χ4v) is 0.396. The normalized spacial score (nSPS) is 18.2. The second-order valence-electron chi connectivity index (χ2n) is 1.23. The van der Waals surface area contributed by atoms with Crippen LogP contribution >= 0.6 is 0 Å². The maximum Gasteiger partial charge on any atom is 0.202 e. The van der Waals surface area contributed by atoms with E-state index in [1.807, 2.05) is 0 Å². The van der Waals surface area contributed by atoms with Gasteiger partial charge in [-0.1, -0.05) is 5.23 Å². The van der Waals surface area contributed by atoms with Gasteiger partial charge in [-0.05, 0) is 0 Å². The number of hydrazine groups is 3. The molecule has 0 aromatic carbocycles. The van der Waals surface area contributed by atoms with Crippen LogP contribution in [0.15, 0.2) is 12.4 Å². The van der Waals surface area contributed by atoms with Gasteiger partial charge in [0, 0.05) is 6.20 Å². The molecule has 0 saturated carbocycles. The van der Waals surface area contributed by atoms with Crippen molar-refractivity contribution in [3.8, 4) is 6.19 Å². The van der Waals surface area contributed by atoms with E-state index in [0.29, 0.717) is 0 Å². The lowest BCUT2D eigenvalue weighted by Crippen LogP contribution is -2.44. The van der Waals surface area contributed by atoms with Crippen molar-refractivity contribution in [3.63, 3.8) is 0 Å². The van der Waals surface area contributed by atoms with Gasteiger partial charge in [-0.3, -0.25) is 5.43 Å². The maximum absolute atomic E-state index is 8.20. The quantitative estimate of drug-likeness (QED) is 0.305. The Kier molecular flexibility index (Phi) is 1.04. The first-order valence-corrected chi connectivity index (χ1v) is 2.01. The molecule has 0 unspecified atom stereocenters. The van der Waals surface area contributed by atoms with Gasteiger partial charge in [-0.2, -0.15) is 10.3 Å². The SMILES string of the molecule is N#CN1C=CNN1N. The van der Waals surface area contributed by atoms with E-state index in [1.165, 1.54) is 6.20 Å². The predicted octanol–water partition coefficient (Wildman–Crippen LogP) is -1.15. The molecule has 0 spiro atoms. The number of nitrogens with one attached hydrogen (secondary N) is 1. The number of hydrogen-bond donors (Lipinski definition) is 2. The Balaban J connectivity index is 2.57. The Labute approximate surface area is 46.5 Å². The highest BCUT2D eigenvalue weighted by molar-refractivity contribution is 4.89. The zero-order valence-corrected chi connectivity index (χ0v) is 4.07. The molecule has 0 radical (unpaired) electrons. The third-order valence-electron chi connectivity index (χ3n) is 0.757. The minimum atomic E-state index is 1.07. The Morgan fingerprint density at radius 3 is 2.75 bits per heavy atom. The van der Waals surface area contributed by atoms with E-state index < -0.39 is 0 Å².